The van der Waals surface area contributed by atoms with Crippen LogP contribution in [0.4, 0.5) is 0 Å². The zero-order valence-electron chi connectivity index (χ0n) is 16.3. The van der Waals surface area contributed by atoms with Crippen molar-refractivity contribution in [1.82, 2.24) is 0 Å². The van der Waals surface area contributed by atoms with Crippen LogP contribution < -0.4 is 0 Å². The zero-order valence-corrected chi connectivity index (χ0v) is 17.2. The topological polar surface area (TPSA) is 37.3 Å². The van der Waals surface area contributed by atoms with Gasteiger partial charge in [0.25, 0.3) is 0 Å². The first-order valence-electron chi connectivity index (χ1n) is 9.81. The van der Waals surface area contributed by atoms with E-state index < -0.39 is 5.97 Å². The van der Waals surface area contributed by atoms with Gasteiger partial charge in [-0.25, -0.2) is 0 Å². The quantitative estimate of drug-likeness (QED) is 0.528. The molecule has 2 saturated carbocycles. The average Bonchev–Trinajstić information content (AvgIpc) is 3.05. The maximum atomic E-state index is 9.99. The molecule has 2 aliphatic rings. The van der Waals surface area contributed by atoms with Crippen molar-refractivity contribution in [2.45, 2.75) is 84.5 Å². The summed E-state index contributed by atoms with van der Waals surface area (Å²) in [5.74, 6) is 2.41. The Balaban J connectivity index is 0.000000355. The van der Waals surface area contributed by atoms with E-state index in [0.717, 1.165) is 17.4 Å². The van der Waals surface area contributed by atoms with Crippen LogP contribution in [0, 0.1) is 17.5 Å². The van der Waals surface area contributed by atoms with Gasteiger partial charge in [0.2, 0.25) is 0 Å². The monoisotopic (exact) mass is 366 g/mol. The number of aliphatic carboxylic acids is 1. The molecule has 2 aliphatic carbocycles. The van der Waals surface area contributed by atoms with Gasteiger partial charge in [-0.05, 0) is 38.0 Å². The van der Waals surface area contributed by atoms with Gasteiger partial charge in [0, 0.05) is 12.2 Å². The molecule has 25 heavy (non-hydrogen) atoms. The summed E-state index contributed by atoms with van der Waals surface area (Å²) in [7, 11) is 0. The maximum Gasteiger partial charge on any atom is 0.303 e. The highest BCUT2D eigenvalue weighted by molar-refractivity contribution is 7.88. The Kier molecular flexibility index (Phi) is 15.7. The number of rotatable bonds is 5. The summed E-state index contributed by atoms with van der Waals surface area (Å²) in [4.78, 5) is 9.99. The fourth-order valence-electron chi connectivity index (χ4n) is 3.11. The second-order valence-corrected chi connectivity index (χ2v) is 8.07. The van der Waals surface area contributed by atoms with E-state index in [1.165, 1.54) is 74.7 Å². The van der Waals surface area contributed by atoms with Crippen molar-refractivity contribution in [3.05, 3.63) is 24.3 Å². The van der Waals surface area contributed by atoms with E-state index in [9.17, 15) is 4.79 Å². The molecule has 1 N–H and O–H groups in total. The van der Waals surface area contributed by atoms with Crippen molar-refractivity contribution in [3.63, 3.8) is 0 Å². The van der Waals surface area contributed by atoms with E-state index in [-0.39, 0.29) is 6.42 Å². The minimum Gasteiger partial charge on any atom is -0.481 e. The van der Waals surface area contributed by atoms with Gasteiger partial charge in [-0.2, -0.15) is 0 Å². The molecule has 0 spiro atoms. The number of carboxylic acids is 1. The molecule has 0 aromatic carbocycles. The van der Waals surface area contributed by atoms with Gasteiger partial charge in [0.1, 0.15) is 0 Å². The molecule has 3 heteroatoms. The van der Waals surface area contributed by atoms with Gasteiger partial charge < -0.3 is 5.11 Å². The van der Waals surface area contributed by atoms with Crippen LogP contribution in [0.3, 0.4) is 0 Å². The highest BCUT2D eigenvalue weighted by atomic mass is 32.1. The van der Waals surface area contributed by atoms with E-state index in [1.807, 2.05) is 19.1 Å². The summed E-state index contributed by atoms with van der Waals surface area (Å²) in [6, 6.07) is 0. The maximum absolute atomic E-state index is 9.99. The van der Waals surface area contributed by atoms with Crippen molar-refractivity contribution in [3.8, 4) is 5.69 Å². The molecule has 2 rings (SSSR count). The molecule has 0 aromatic rings. The first-order chi connectivity index (χ1) is 12.0. The number of carbonyl (C=O) groups is 1. The lowest BCUT2D eigenvalue weighted by atomic mass is 9.91. The molecular formula is C22H38O2S. The number of hydrogen-bond acceptors (Lipinski definition) is 1. The molecule has 0 atom stereocenters. The third kappa shape index (κ3) is 17.6. The number of carboxylic acid groups (broad SMARTS) is 1. The average molecular weight is 367 g/mol. The molecule has 0 bridgehead atoms. The highest BCUT2D eigenvalue weighted by Crippen LogP contribution is 2.24. The summed E-state index contributed by atoms with van der Waals surface area (Å²) in [5.41, 5.74) is 6.33. The van der Waals surface area contributed by atoms with Crippen molar-refractivity contribution >= 4 is 17.1 Å². The molecule has 144 valence electrons. The van der Waals surface area contributed by atoms with E-state index >= 15 is 0 Å². The van der Waals surface area contributed by atoms with Gasteiger partial charge >= 0.3 is 5.97 Å². The molecule has 0 heterocycles. The number of hydrogen-bond donors (Lipinski definition) is 1. The van der Waals surface area contributed by atoms with E-state index in [2.05, 4.69) is 13.5 Å². The number of allylic oxidation sites excluding steroid dienone is 3. The van der Waals surface area contributed by atoms with Crippen LogP contribution in [0.1, 0.15) is 84.5 Å². The molecule has 0 aliphatic heterocycles. The lowest BCUT2D eigenvalue weighted by Gasteiger charge is -2.18. The Hall–Kier alpha value is -1.05. The van der Waals surface area contributed by atoms with Crippen molar-refractivity contribution in [1.29, 1.82) is 0 Å². The van der Waals surface area contributed by atoms with Crippen LogP contribution >= 0.6 is 11.2 Å². The van der Waals surface area contributed by atoms with Gasteiger partial charge in [-0.1, -0.05) is 76.2 Å². The van der Waals surface area contributed by atoms with Crippen LogP contribution in [-0.4, -0.2) is 16.8 Å². The van der Waals surface area contributed by atoms with Crippen LogP contribution in [0.5, 0.6) is 0 Å². The molecule has 0 saturated heterocycles. The Labute approximate surface area is 159 Å². The third-order valence-corrected chi connectivity index (χ3v) is 5.29. The Morgan fingerprint density at radius 1 is 1.16 bits per heavy atom. The predicted molar refractivity (Wildman–Crippen MR) is 112 cm³/mol. The lowest BCUT2D eigenvalue weighted by molar-refractivity contribution is -0.136. The fraction of sp³-hybridized carbons (Fsp3) is 0.727. The largest absolute Gasteiger partial charge is 0.481 e. The minimum absolute atomic E-state index is 0.198. The molecule has 2 nitrogen and oxygen atoms in total. The highest BCUT2D eigenvalue weighted by Gasteiger charge is 2.11. The molecule has 0 aromatic heterocycles. The summed E-state index contributed by atoms with van der Waals surface area (Å²) in [6.07, 6.45) is 17.5. The summed E-state index contributed by atoms with van der Waals surface area (Å²) < 4.78 is 0. The third-order valence-electron chi connectivity index (χ3n) is 4.63. The summed E-state index contributed by atoms with van der Waals surface area (Å²) >= 11 is 1.51. The predicted octanol–water partition coefficient (Wildman–Crippen LogP) is 7.07. The van der Waals surface area contributed by atoms with Crippen LogP contribution in [-0.2, 0) is 4.79 Å². The molecule has 0 unspecified atom stereocenters. The van der Waals surface area contributed by atoms with Crippen LogP contribution in [0.25, 0.3) is 0 Å². The Bertz CT molecular complexity index is 422. The van der Waals surface area contributed by atoms with Gasteiger partial charge in [-0.3, -0.25) is 4.79 Å². The normalized spacial score (nSPS) is 18.0. The van der Waals surface area contributed by atoms with E-state index in [1.54, 1.807) is 0 Å². The molecule has 0 radical (unpaired) electrons. The molecule has 0 amide bonds. The fourth-order valence-corrected chi connectivity index (χ4v) is 3.72. The Morgan fingerprint density at radius 2 is 1.72 bits per heavy atom. The molecule has 2 fully saturated rings. The van der Waals surface area contributed by atoms with Crippen LogP contribution in [0.2, 0.25) is 0 Å². The Morgan fingerprint density at radius 3 is 2.12 bits per heavy atom. The van der Waals surface area contributed by atoms with Crippen LogP contribution in [0.15, 0.2) is 24.3 Å². The lowest BCUT2D eigenvalue weighted by Crippen LogP contribution is -2.06. The smallest absolute Gasteiger partial charge is 0.303 e. The SMILES string of the molecule is C#SCC1CCCCC1.C=C(C)/C=C\CCC(=O)O.CC1CCCC1. The zero-order chi connectivity index (χ0) is 18.9. The molecular weight excluding hydrogens is 328 g/mol. The van der Waals surface area contributed by atoms with E-state index in [0.29, 0.717) is 6.42 Å². The van der Waals surface area contributed by atoms with Gasteiger partial charge in [-0.15, -0.1) is 16.9 Å². The minimum atomic E-state index is -0.758. The van der Waals surface area contributed by atoms with Crippen molar-refractivity contribution < 1.29 is 9.90 Å². The first-order valence-corrected chi connectivity index (χ1v) is 10.9. The second-order valence-electron chi connectivity index (χ2n) is 7.41. The van der Waals surface area contributed by atoms with Gasteiger partial charge in [0.05, 0.1) is 0 Å². The first kappa shape index (κ1) is 23.9. The van der Waals surface area contributed by atoms with Gasteiger partial charge in [0.15, 0.2) is 0 Å². The standard InChI is InChI=1S/C8H12O2.C8H14S.C6H12/c1-7(2)5-3-4-6-8(9)10;1-9-7-8-5-3-2-4-6-8;1-6-4-2-3-5-6/h3,5H,1,4,6H2,2H3,(H,9,10);1,8H,2-7H2;6H,2-5H2,1H3/b5-3-;;. The second kappa shape index (κ2) is 16.4. The van der Waals surface area contributed by atoms with E-state index in [4.69, 9.17) is 10.8 Å². The summed E-state index contributed by atoms with van der Waals surface area (Å²) in [5, 5.41) is 8.22. The summed E-state index contributed by atoms with van der Waals surface area (Å²) in [6.45, 7) is 7.85. The van der Waals surface area contributed by atoms with Crippen molar-refractivity contribution in [2.75, 3.05) is 5.75 Å². The van der Waals surface area contributed by atoms with Crippen molar-refractivity contribution in [2.24, 2.45) is 11.8 Å².